The standard InChI is InChI=1S/C23H17O5P.C18H24N2O.C2H6/c24-14-18-12-16-7-1-2-8-17(16)13-21(18)22(25)23(29(26,27)28)20-11-5-9-15-6-3-4-10-19(15)20;1-4-17(20(2)3)11-12-19-18(21)16-10-9-14-7-5-6-8-15(14)13-16;1-2/h1-14,23H,(H2,26,27,28);5-10,13,17H,4,11-12H2,1-3H3,(H,19,21);1-2H3. The third-order valence-corrected chi connectivity index (χ3v) is 10.2. The first kappa shape index (κ1) is 39.8. The number of nitrogens with zero attached hydrogens (tertiary/aromatic N) is 1. The van der Waals surface area contributed by atoms with Crippen molar-refractivity contribution in [3.63, 3.8) is 0 Å². The number of Topliss-reactive ketones (excluding diaryl/α,β-unsaturated/α-hetero) is 1. The van der Waals surface area contributed by atoms with Crippen LogP contribution in [0, 0.1) is 0 Å². The van der Waals surface area contributed by atoms with E-state index in [1.54, 1.807) is 42.5 Å². The van der Waals surface area contributed by atoms with E-state index in [-0.39, 0.29) is 22.6 Å². The van der Waals surface area contributed by atoms with Crippen LogP contribution in [-0.2, 0) is 4.57 Å². The number of rotatable bonds is 11. The van der Waals surface area contributed by atoms with Crippen molar-refractivity contribution in [3.8, 4) is 0 Å². The fourth-order valence-electron chi connectivity index (χ4n) is 6.29. The zero-order valence-corrected chi connectivity index (χ0v) is 31.2. The number of fused-ring (bicyclic) bond motifs is 3. The first-order chi connectivity index (χ1) is 25.0. The Morgan fingerprint density at radius 2 is 1.31 bits per heavy atom. The van der Waals surface area contributed by atoms with Crippen LogP contribution in [0.3, 0.4) is 0 Å². The topological polar surface area (TPSA) is 124 Å². The highest BCUT2D eigenvalue weighted by atomic mass is 31.2. The Hall–Kier alpha value is -4.98. The fourth-order valence-corrected chi connectivity index (χ4v) is 7.32. The fraction of sp³-hybridized carbons (Fsp3) is 0.233. The van der Waals surface area contributed by atoms with Crippen molar-refractivity contribution >= 4 is 57.9 Å². The highest BCUT2D eigenvalue weighted by Gasteiger charge is 2.39. The zero-order chi connectivity index (χ0) is 37.8. The summed E-state index contributed by atoms with van der Waals surface area (Å²) in [7, 11) is -0.715. The lowest BCUT2D eigenvalue weighted by atomic mass is 9.93. The second-order valence-electron chi connectivity index (χ2n) is 12.5. The van der Waals surface area contributed by atoms with Crippen molar-refractivity contribution in [2.24, 2.45) is 0 Å². The van der Waals surface area contributed by atoms with E-state index in [1.165, 1.54) is 6.07 Å². The van der Waals surface area contributed by atoms with Crippen LogP contribution in [-0.4, -0.2) is 59.3 Å². The summed E-state index contributed by atoms with van der Waals surface area (Å²) >= 11 is 0. The van der Waals surface area contributed by atoms with Crippen LogP contribution in [0.5, 0.6) is 0 Å². The van der Waals surface area contributed by atoms with Gasteiger partial charge in [0.05, 0.1) is 0 Å². The lowest BCUT2D eigenvalue weighted by molar-refractivity contribution is 0.0947. The summed E-state index contributed by atoms with van der Waals surface area (Å²) in [4.78, 5) is 59.7. The molecule has 0 aromatic heterocycles. The Bertz CT molecular complexity index is 2200. The Morgan fingerprint density at radius 1 is 0.750 bits per heavy atom. The quantitative estimate of drug-likeness (QED) is 0.0693. The van der Waals surface area contributed by atoms with Gasteiger partial charge in [0.2, 0.25) is 0 Å². The first-order valence-corrected chi connectivity index (χ1v) is 19.2. The van der Waals surface area contributed by atoms with Crippen LogP contribution in [0.4, 0.5) is 0 Å². The zero-order valence-electron chi connectivity index (χ0n) is 30.3. The second-order valence-corrected chi connectivity index (χ2v) is 14.2. The van der Waals surface area contributed by atoms with E-state index in [1.807, 2.05) is 80.6 Å². The molecule has 270 valence electrons. The minimum Gasteiger partial charge on any atom is -0.352 e. The molecule has 8 nitrogen and oxygen atoms in total. The molecule has 2 atom stereocenters. The molecule has 52 heavy (non-hydrogen) atoms. The van der Waals surface area contributed by atoms with Gasteiger partial charge >= 0.3 is 7.60 Å². The number of benzene rings is 6. The third kappa shape index (κ3) is 9.66. The van der Waals surface area contributed by atoms with Gasteiger partial charge < -0.3 is 20.0 Å². The van der Waals surface area contributed by atoms with E-state index >= 15 is 0 Å². The van der Waals surface area contributed by atoms with Crippen molar-refractivity contribution in [2.75, 3.05) is 20.6 Å². The highest BCUT2D eigenvalue weighted by Crippen LogP contribution is 2.54. The van der Waals surface area contributed by atoms with Gasteiger partial charge in [-0.1, -0.05) is 118 Å². The van der Waals surface area contributed by atoms with Crippen LogP contribution in [0.25, 0.3) is 32.3 Å². The SMILES string of the molecule is CC.CCC(CCNC(=O)c1ccc2ccccc2c1)N(C)C.O=Cc1cc2ccccc2cc1C(=O)C(c1cccc2ccccc12)P(=O)(O)O. The average molecular weight is 719 g/mol. The maximum atomic E-state index is 13.4. The van der Waals surface area contributed by atoms with E-state index in [0.717, 1.165) is 39.9 Å². The van der Waals surface area contributed by atoms with Crippen LogP contribution in [0.1, 0.15) is 75.9 Å². The Kier molecular flexibility index (Phi) is 14.2. The molecule has 0 aliphatic rings. The number of ketones is 1. The van der Waals surface area contributed by atoms with Gasteiger partial charge in [0.15, 0.2) is 12.1 Å². The van der Waals surface area contributed by atoms with E-state index in [2.05, 4.69) is 37.3 Å². The van der Waals surface area contributed by atoms with Gasteiger partial charge in [0, 0.05) is 29.3 Å². The predicted molar refractivity (Wildman–Crippen MR) is 212 cm³/mol. The van der Waals surface area contributed by atoms with E-state index in [4.69, 9.17) is 0 Å². The van der Waals surface area contributed by atoms with Gasteiger partial charge in [-0.05, 0) is 89.1 Å². The molecule has 0 bridgehead atoms. The Labute approximate surface area is 305 Å². The van der Waals surface area contributed by atoms with E-state index in [9.17, 15) is 28.7 Å². The number of amides is 1. The van der Waals surface area contributed by atoms with Crippen LogP contribution >= 0.6 is 7.60 Å². The molecule has 0 heterocycles. The van der Waals surface area contributed by atoms with Gasteiger partial charge in [-0.15, -0.1) is 0 Å². The largest absolute Gasteiger partial charge is 0.352 e. The third-order valence-electron chi connectivity index (χ3n) is 8.99. The van der Waals surface area contributed by atoms with Crippen molar-refractivity contribution in [2.45, 2.75) is 45.3 Å². The molecule has 0 spiro atoms. The lowest BCUT2D eigenvalue weighted by Gasteiger charge is -2.22. The summed E-state index contributed by atoms with van der Waals surface area (Å²) in [6, 6.07) is 36.9. The van der Waals surface area contributed by atoms with Crippen LogP contribution in [0.15, 0.2) is 121 Å². The molecule has 6 rings (SSSR count). The molecule has 1 amide bonds. The summed E-state index contributed by atoms with van der Waals surface area (Å²) in [6.07, 6.45) is 2.61. The summed E-state index contributed by atoms with van der Waals surface area (Å²) in [6.45, 7) is 6.89. The van der Waals surface area contributed by atoms with Gasteiger partial charge in [0.1, 0.15) is 5.66 Å². The van der Waals surface area contributed by atoms with Gasteiger partial charge in [-0.25, -0.2) is 0 Å². The summed E-state index contributed by atoms with van der Waals surface area (Å²) < 4.78 is 12.4. The predicted octanol–water partition coefficient (Wildman–Crippen LogP) is 9.23. The molecule has 6 aromatic carbocycles. The molecule has 0 fully saturated rings. The van der Waals surface area contributed by atoms with Crippen LogP contribution < -0.4 is 5.32 Å². The van der Waals surface area contributed by atoms with Crippen molar-refractivity contribution < 1.29 is 28.7 Å². The summed E-state index contributed by atoms with van der Waals surface area (Å²) in [5.74, 6) is -0.767. The maximum Gasteiger partial charge on any atom is 0.340 e. The number of aldehydes is 1. The molecule has 0 saturated heterocycles. The first-order valence-electron chi connectivity index (χ1n) is 17.5. The molecular formula is C43H47N2O6P. The monoisotopic (exact) mass is 718 g/mol. The van der Waals surface area contributed by atoms with Crippen molar-refractivity contribution in [1.29, 1.82) is 0 Å². The van der Waals surface area contributed by atoms with Crippen molar-refractivity contribution in [3.05, 3.63) is 144 Å². The summed E-state index contributed by atoms with van der Waals surface area (Å²) in [5.41, 5.74) is -0.626. The van der Waals surface area contributed by atoms with Crippen molar-refractivity contribution in [1.82, 2.24) is 10.2 Å². The Balaban J connectivity index is 0.000000233. The maximum absolute atomic E-state index is 13.4. The smallest absolute Gasteiger partial charge is 0.340 e. The minimum absolute atomic E-state index is 0.0000378. The normalized spacial score (nSPS) is 12.3. The molecule has 3 N–H and O–H groups in total. The number of hydrogen-bond donors (Lipinski definition) is 3. The Morgan fingerprint density at radius 3 is 1.90 bits per heavy atom. The second kappa shape index (κ2) is 18.5. The average Bonchev–Trinajstić information content (AvgIpc) is 3.16. The van der Waals surface area contributed by atoms with Gasteiger partial charge in [-0.3, -0.25) is 18.9 Å². The number of carbonyl (C=O) groups is 3. The molecule has 9 heteroatoms. The number of nitrogens with one attached hydrogen (secondary N) is 1. The van der Waals surface area contributed by atoms with E-state index in [0.29, 0.717) is 29.6 Å². The molecule has 0 saturated carbocycles. The lowest BCUT2D eigenvalue weighted by Crippen LogP contribution is -2.33. The molecular weight excluding hydrogens is 671 g/mol. The van der Waals surface area contributed by atoms with E-state index < -0.39 is 19.0 Å². The molecule has 0 radical (unpaired) electrons. The molecule has 0 aliphatic heterocycles. The molecule has 6 aromatic rings. The van der Waals surface area contributed by atoms with Gasteiger partial charge in [-0.2, -0.15) is 0 Å². The summed E-state index contributed by atoms with van der Waals surface area (Å²) in [5, 5.41) is 8.12. The molecule has 2 unspecified atom stereocenters. The van der Waals surface area contributed by atoms with Gasteiger partial charge in [0.25, 0.3) is 5.91 Å². The van der Waals surface area contributed by atoms with Crippen LogP contribution in [0.2, 0.25) is 0 Å². The molecule has 0 aliphatic carbocycles. The highest BCUT2D eigenvalue weighted by molar-refractivity contribution is 7.53. The number of carbonyl (C=O) groups excluding carboxylic acids is 3. The minimum atomic E-state index is -4.88. The number of hydrogen-bond acceptors (Lipinski definition) is 5.